The van der Waals surface area contributed by atoms with Crippen molar-refractivity contribution in [3.8, 4) is 17.3 Å². The number of hydrogen-bond acceptors (Lipinski definition) is 4. The molecule has 1 N–H and O–H groups in total. The lowest BCUT2D eigenvalue weighted by Crippen LogP contribution is -1.83. The SMILES string of the molecule is CCc1cccc2c(-c3csc(/C(C#N)=C/c4ccco4)n3)c[nH]c12. The van der Waals surface area contributed by atoms with E-state index in [0.717, 1.165) is 28.6 Å². The zero-order valence-electron chi connectivity index (χ0n) is 13.6. The van der Waals surface area contributed by atoms with Gasteiger partial charge in [0.15, 0.2) is 0 Å². The van der Waals surface area contributed by atoms with Crippen LogP contribution in [0.4, 0.5) is 0 Å². The predicted octanol–water partition coefficient (Wildman–Crippen LogP) is 5.51. The molecule has 25 heavy (non-hydrogen) atoms. The fourth-order valence-electron chi connectivity index (χ4n) is 2.90. The second-order valence-corrected chi connectivity index (χ2v) is 6.48. The van der Waals surface area contributed by atoms with Crippen molar-refractivity contribution in [2.24, 2.45) is 0 Å². The number of thiazole rings is 1. The Bertz CT molecular complexity index is 1090. The lowest BCUT2D eigenvalue weighted by molar-refractivity contribution is 0.557. The highest BCUT2D eigenvalue weighted by Gasteiger charge is 2.13. The van der Waals surface area contributed by atoms with Gasteiger partial charge in [0.25, 0.3) is 0 Å². The molecule has 0 atom stereocenters. The van der Waals surface area contributed by atoms with Gasteiger partial charge in [-0.25, -0.2) is 4.98 Å². The molecule has 0 aliphatic rings. The van der Waals surface area contributed by atoms with E-state index in [-0.39, 0.29) is 0 Å². The van der Waals surface area contributed by atoms with Gasteiger partial charge in [0.1, 0.15) is 16.8 Å². The van der Waals surface area contributed by atoms with Crippen LogP contribution in [-0.4, -0.2) is 9.97 Å². The van der Waals surface area contributed by atoms with E-state index in [4.69, 9.17) is 4.42 Å². The second-order valence-electron chi connectivity index (χ2n) is 5.62. The van der Waals surface area contributed by atoms with Crippen molar-refractivity contribution in [2.45, 2.75) is 13.3 Å². The largest absolute Gasteiger partial charge is 0.465 e. The number of benzene rings is 1. The van der Waals surface area contributed by atoms with Crippen LogP contribution in [0, 0.1) is 11.3 Å². The van der Waals surface area contributed by atoms with E-state index in [2.05, 4.69) is 41.2 Å². The van der Waals surface area contributed by atoms with E-state index in [1.807, 2.05) is 17.6 Å². The molecule has 3 heterocycles. The summed E-state index contributed by atoms with van der Waals surface area (Å²) in [5, 5.41) is 13.3. The molecular formula is C20H15N3OS. The minimum absolute atomic E-state index is 0.500. The molecule has 0 radical (unpaired) electrons. The first-order chi connectivity index (χ1) is 12.3. The number of nitrogens with zero attached hydrogens (tertiary/aromatic N) is 2. The van der Waals surface area contributed by atoms with Crippen molar-refractivity contribution in [1.82, 2.24) is 9.97 Å². The summed E-state index contributed by atoms with van der Waals surface area (Å²) >= 11 is 1.46. The standard InChI is InChI=1S/C20H15N3OS/c1-2-13-5-3-7-16-17(11-22-19(13)16)18-12-25-20(23-18)14(10-21)9-15-6-4-8-24-15/h3-9,11-12,22H,2H2,1H3/b14-9+. The van der Waals surface area contributed by atoms with Crippen LogP contribution >= 0.6 is 11.3 Å². The molecular weight excluding hydrogens is 330 g/mol. The number of fused-ring (bicyclic) bond motifs is 1. The van der Waals surface area contributed by atoms with Crippen LogP contribution in [0.2, 0.25) is 0 Å². The number of aryl methyl sites for hydroxylation is 1. The minimum Gasteiger partial charge on any atom is -0.465 e. The minimum atomic E-state index is 0.500. The first-order valence-corrected chi connectivity index (χ1v) is 8.88. The summed E-state index contributed by atoms with van der Waals surface area (Å²) in [7, 11) is 0. The van der Waals surface area contributed by atoms with Gasteiger partial charge in [-0.05, 0) is 24.1 Å². The monoisotopic (exact) mass is 345 g/mol. The Hall–Kier alpha value is -3.10. The summed E-state index contributed by atoms with van der Waals surface area (Å²) < 4.78 is 5.29. The summed E-state index contributed by atoms with van der Waals surface area (Å²) in [5.74, 6) is 0.646. The molecule has 1 aromatic carbocycles. The van der Waals surface area contributed by atoms with Gasteiger partial charge in [-0.3, -0.25) is 0 Å². The molecule has 0 unspecified atom stereocenters. The van der Waals surface area contributed by atoms with Gasteiger partial charge in [-0.1, -0.05) is 25.1 Å². The predicted molar refractivity (Wildman–Crippen MR) is 101 cm³/mol. The lowest BCUT2D eigenvalue weighted by Gasteiger charge is -1.99. The third-order valence-electron chi connectivity index (χ3n) is 4.14. The molecule has 4 rings (SSSR count). The van der Waals surface area contributed by atoms with Gasteiger partial charge in [-0.15, -0.1) is 11.3 Å². The van der Waals surface area contributed by atoms with Gasteiger partial charge in [0, 0.05) is 34.1 Å². The number of nitrogens with one attached hydrogen (secondary N) is 1. The Morgan fingerprint density at radius 1 is 1.36 bits per heavy atom. The Balaban J connectivity index is 1.76. The smallest absolute Gasteiger partial charge is 0.134 e. The molecule has 5 heteroatoms. The average Bonchev–Trinajstić information content (AvgIpc) is 3.38. The third-order valence-corrected chi connectivity index (χ3v) is 5.02. The molecule has 0 saturated heterocycles. The van der Waals surface area contributed by atoms with Crippen molar-refractivity contribution in [3.05, 3.63) is 64.5 Å². The number of aromatic amines is 1. The number of rotatable bonds is 4. The first kappa shape index (κ1) is 15.4. The number of aromatic nitrogens is 2. The van der Waals surface area contributed by atoms with Crippen LogP contribution < -0.4 is 0 Å². The second kappa shape index (κ2) is 6.42. The lowest BCUT2D eigenvalue weighted by atomic mass is 10.1. The first-order valence-electron chi connectivity index (χ1n) is 8.00. The number of hydrogen-bond donors (Lipinski definition) is 1. The van der Waals surface area contributed by atoms with Crippen LogP contribution in [0.1, 0.15) is 23.3 Å². The number of allylic oxidation sites excluding steroid dienone is 1. The van der Waals surface area contributed by atoms with Crippen LogP contribution in [0.25, 0.3) is 33.8 Å². The van der Waals surface area contributed by atoms with Gasteiger partial charge in [0.05, 0.1) is 17.5 Å². The van der Waals surface area contributed by atoms with Crippen LogP contribution in [0.3, 0.4) is 0 Å². The normalized spacial score (nSPS) is 11.8. The van der Waals surface area contributed by atoms with E-state index in [1.165, 1.54) is 16.9 Å². The summed E-state index contributed by atoms with van der Waals surface area (Å²) in [6, 6.07) is 12.1. The van der Waals surface area contributed by atoms with Crippen LogP contribution in [0.15, 0.2) is 52.6 Å². The molecule has 122 valence electrons. The zero-order chi connectivity index (χ0) is 17.2. The van der Waals surface area contributed by atoms with E-state index in [9.17, 15) is 5.26 Å². The summed E-state index contributed by atoms with van der Waals surface area (Å²) in [6.45, 7) is 2.15. The van der Waals surface area contributed by atoms with Crippen molar-refractivity contribution in [3.63, 3.8) is 0 Å². The maximum Gasteiger partial charge on any atom is 0.134 e. The number of H-pyrrole nitrogens is 1. The average molecular weight is 345 g/mol. The molecule has 0 aliphatic carbocycles. The van der Waals surface area contributed by atoms with Crippen molar-refractivity contribution in [2.75, 3.05) is 0 Å². The Morgan fingerprint density at radius 2 is 2.28 bits per heavy atom. The van der Waals surface area contributed by atoms with Crippen LogP contribution in [0.5, 0.6) is 0 Å². The van der Waals surface area contributed by atoms with Crippen molar-refractivity contribution >= 4 is 33.9 Å². The molecule has 0 spiro atoms. The molecule has 0 fully saturated rings. The van der Waals surface area contributed by atoms with Crippen molar-refractivity contribution in [1.29, 1.82) is 5.26 Å². The highest BCUT2D eigenvalue weighted by Crippen LogP contribution is 2.33. The molecule has 0 aliphatic heterocycles. The number of furan rings is 1. The maximum absolute atomic E-state index is 9.46. The highest BCUT2D eigenvalue weighted by atomic mass is 32.1. The van der Waals surface area contributed by atoms with Crippen molar-refractivity contribution < 1.29 is 4.42 Å². The Morgan fingerprint density at radius 3 is 3.04 bits per heavy atom. The highest BCUT2D eigenvalue weighted by molar-refractivity contribution is 7.11. The molecule has 0 saturated carbocycles. The maximum atomic E-state index is 9.46. The molecule has 0 amide bonds. The van der Waals surface area contributed by atoms with Gasteiger partial charge in [-0.2, -0.15) is 5.26 Å². The molecule has 4 nitrogen and oxygen atoms in total. The van der Waals surface area contributed by atoms with Crippen LogP contribution in [-0.2, 0) is 6.42 Å². The van der Waals surface area contributed by atoms with E-state index in [0.29, 0.717) is 16.3 Å². The molecule has 0 bridgehead atoms. The zero-order valence-corrected chi connectivity index (χ0v) is 14.4. The molecule has 4 aromatic rings. The number of nitriles is 1. The van der Waals surface area contributed by atoms with Gasteiger partial charge >= 0.3 is 0 Å². The topological polar surface area (TPSA) is 65.6 Å². The van der Waals surface area contributed by atoms with Gasteiger partial charge in [0.2, 0.25) is 0 Å². The number of para-hydroxylation sites is 1. The van der Waals surface area contributed by atoms with Gasteiger partial charge < -0.3 is 9.40 Å². The summed E-state index contributed by atoms with van der Waals surface area (Å²) in [4.78, 5) is 8.04. The Labute approximate surface area is 149 Å². The fraction of sp³-hybridized carbons (Fsp3) is 0.100. The summed E-state index contributed by atoms with van der Waals surface area (Å²) in [5.41, 5.74) is 4.87. The fourth-order valence-corrected chi connectivity index (χ4v) is 3.69. The Kier molecular flexibility index (Phi) is 3.96. The summed E-state index contributed by atoms with van der Waals surface area (Å²) in [6.07, 6.45) is 6.27. The quantitative estimate of drug-likeness (QED) is 0.496. The third kappa shape index (κ3) is 2.77. The van der Waals surface area contributed by atoms with E-state index in [1.54, 1.807) is 18.4 Å². The van der Waals surface area contributed by atoms with E-state index < -0.39 is 0 Å². The van der Waals surface area contributed by atoms with E-state index >= 15 is 0 Å². The molecule has 3 aromatic heterocycles.